The van der Waals surface area contributed by atoms with Crippen molar-refractivity contribution in [2.24, 2.45) is 0 Å². The first-order valence-electron chi connectivity index (χ1n) is 3.59. The van der Waals surface area contributed by atoms with Gasteiger partial charge in [0.1, 0.15) is 6.29 Å². The molecule has 0 aliphatic rings. The van der Waals surface area contributed by atoms with Crippen molar-refractivity contribution >= 4 is 17.9 Å². The van der Waals surface area contributed by atoms with E-state index in [1.54, 1.807) is 0 Å². The number of hydrogen-bond acceptors (Lipinski definition) is 2. The Morgan fingerprint density at radius 2 is 2.23 bits per heavy atom. The van der Waals surface area contributed by atoms with E-state index >= 15 is 0 Å². The molecule has 0 unspecified atom stereocenters. The summed E-state index contributed by atoms with van der Waals surface area (Å²) in [6, 6.07) is 1.38. The number of carbonyl (C=O) groups is 1. The van der Waals surface area contributed by atoms with Gasteiger partial charge in [0, 0.05) is 5.56 Å². The Morgan fingerprint density at radius 3 is 2.69 bits per heavy atom. The third kappa shape index (κ3) is 1.65. The summed E-state index contributed by atoms with van der Waals surface area (Å²) >= 11 is 5.66. The van der Waals surface area contributed by atoms with Crippen LogP contribution in [0.1, 0.15) is 15.9 Å². The Balaban J connectivity index is 3.45. The fraction of sp³-hybridized carbons (Fsp3) is 0.222. The van der Waals surface area contributed by atoms with Crippen molar-refractivity contribution in [2.75, 3.05) is 7.11 Å². The van der Waals surface area contributed by atoms with E-state index < -0.39 is 5.82 Å². The summed E-state index contributed by atoms with van der Waals surface area (Å²) in [6.45, 7) is 1.50. The molecule has 0 N–H and O–H groups in total. The van der Waals surface area contributed by atoms with E-state index in [-0.39, 0.29) is 21.9 Å². The number of rotatable bonds is 2. The monoisotopic (exact) mass is 202 g/mol. The maximum atomic E-state index is 13.3. The SMILES string of the molecule is COc1c(Cl)cc(C=O)c(C)c1F. The zero-order chi connectivity index (χ0) is 10.0. The molecular weight excluding hydrogens is 195 g/mol. The van der Waals surface area contributed by atoms with Crippen LogP contribution in [0.25, 0.3) is 0 Å². The van der Waals surface area contributed by atoms with Gasteiger partial charge in [0.05, 0.1) is 12.1 Å². The van der Waals surface area contributed by atoms with Crippen molar-refractivity contribution in [3.8, 4) is 5.75 Å². The normalized spacial score (nSPS) is 9.85. The molecule has 1 rings (SSSR count). The van der Waals surface area contributed by atoms with Crippen LogP contribution in [0, 0.1) is 12.7 Å². The maximum Gasteiger partial charge on any atom is 0.173 e. The minimum atomic E-state index is -0.586. The van der Waals surface area contributed by atoms with Crippen LogP contribution in [0.4, 0.5) is 4.39 Å². The molecule has 0 saturated heterocycles. The summed E-state index contributed by atoms with van der Waals surface area (Å²) in [5, 5.41) is 0.104. The molecule has 0 radical (unpaired) electrons. The fourth-order valence-corrected chi connectivity index (χ4v) is 1.30. The molecule has 1 aromatic rings. The van der Waals surface area contributed by atoms with Crippen molar-refractivity contribution < 1.29 is 13.9 Å². The van der Waals surface area contributed by atoms with Crippen molar-refractivity contribution in [1.82, 2.24) is 0 Å². The minimum Gasteiger partial charge on any atom is -0.492 e. The first kappa shape index (κ1) is 9.99. The van der Waals surface area contributed by atoms with Crippen molar-refractivity contribution in [3.63, 3.8) is 0 Å². The standard InChI is InChI=1S/C9H8ClFO2/c1-5-6(4-12)3-7(10)9(13-2)8(5)11/h3-4H,1-2H3. The Bertz CT molecular complexity index is 350. The molecule has 0 bridgehead atoms. The zero-order valence-corrected chi connectivity index (χ0v) is 7.98. The van der Waals surface area contributed by atoms with E-state index in [4.69, 9.17) is 16.3 Å². The molecule has 0 fully saturated rings. The van der Waals surface area contributed by atoms with E-state index in [0.29, 0.717) is 6.29 Å². The zero-order valence-electron chi connectivity index (χ0n) is 7.23. The van der Waals surface area contributed by atoms with Gasteiger partial charge in [-0.15, -0.1) is 0 Å². The molecular formula is C9H8ClFO2. The second-order valence-corrected chi connectivity index (χ2v) is 2.94. The molecule has 0 aromatic heterocycles. The van der Waals surface area contributed by atoms with Crippen molar-refractivity contribution in [1.29, 1.82) is 0 Å². The highest BCUT2D eigenvalue weighted by Gasteiger charge is 2.14. The summed E-state index contributed by atoms with van der Waals surface area (Å²) in [7, 11) is 1.32. The highest BCUT2D eigenvalue weighted by atomic mass is 35.5. The summed E-state index contributed by atoms with van der Waals surface area (Å²) in [4.78, 5) is 10.5. The van der Waals surface area contributed by atoms with Gasteiger partial charge in [-0.2, -0.15) is 0 Å². The first-order chi connectivity index (χ1) is 6.11. The van der Waals surface area contributed by atoms with Crippen LogP contribution < -0.4 is 4.74 Å². The lowest BCUT2D eigenvalue weighted by Gasteiger charge is -2.08. The van der Waals surface area contributed by atoms with Crippen LogP contribution >= 0.6 is 11.6 Å². The van der Waals surface area contributed by atoms with Gasteiger partial charge in [-0.3, -0.25) is 4.79 Å². The number of methoxy groups -OCH3 is 1. The fourth-order valence-electron chi connectivity index (χ4n) is 1.02. The van der Waals surface area contributed by atoms with Gasteiger partial charge < -0.3 is 4.74 Å². The lowest BCUT2D eigenvalue weighted by atomic mass is 10.1. The average molecular weight is 203 g/mol. The van der Waals surface area contributed by atoms with Gasteiger partial charge >= 0.3 is 0 Å². The molecule has 0 aliphatic carbocycles. The van der Waals surface area contributed by atoms with E-state index in [0.717, 1.165) is 0 Å². The molecule has 70 valence electrons. The number of carbonyl (C=O) groups excluding carboxylic acids is 1. The molecule has 13 heavy (non-hydrogen) atoms. The predicted octanol–water partition coefficient (Wildman–Crippen LogP) is 2.61. The quantitative estimate of drug-likeness (QED) is 0.689. The molecule has 1 aromatic carbocycles. The maximum absolute atomic E-state index is 13.3. The molecule has 4 heteroatoms. The van der Waals surface area contributed by atoms with Gasteiger partial charge in [0.15, 0.2) is 11.6 Å². The van der Waals surface area contributed by atoms with Crippen LogP contribution in [-0.2, 0) is 0 Å². The van der Waals surface area contributed by atoms with E-state index in [2.05, 4.69) is 0 Å². The Morgan fingerprint density at radius 1 is 1.62 bits per heavy atom. The van der Waals surface area contributed by atoms with E-state index in [9.17, 15) is 9.18 Å². The minimum absolute atomic E-state index is 0.0234. The molecule has 0 spiro atoms. The third-order valence-electron chi connectivity index (χ3n) is 1.79. The molecule has 0 amide bonds. The number of hydrogen-bond donors (Lipinski definition) is 0. The third-order valence-corrected chi connectivity index (χ3v) is 2.07. The summed E-state index contributed by atoms with van der Waals surface area (Å²) in [5.41, 5.74) is 0.486. The molecule has 0 aliphatic heterocycles. The number of ether oxygens (including phenoxy) is 1. The number of benzene rings is 1. The predicted molar refractivity (Wildman–Crippen MR) is 48.1 cm³/mol. The Kier molecular flexibility index (Phi) is 2.88. The second kappa shape index (κ2) is 3.75. The number of halogens is 2. The second-order valence-electron chi connectivity index (χ2n) is 2.54. The van der Waals surface area contributed by atoms with Crippen LogP contribution in [0.15, 0.2) is 6.07 Å². The summed E-state index contributed by atoms with van der Waals surface area (Å²) in [6.07, 6.45) is 0.559. The van der Waals surface area contributed by atoms with Gasteiger partial charge in [0.25, 0.3) is 0 Å². The van der Waals surface area contributed by atoms with Crippen molar-refractivity contribution in [3.05, 3.63) is 28.0 Å². The molecule has 0 heterocycles. The van der Waals surface area contributed by atoms with E-state index in [1.807, 2.05) is 0 Å². The smallest absolute Gasteiger partial charge is 0.173 e. The average Bonchev–Trinajstić information content (AvgIpc) is 2.12. The van der Waals surface area contributed by atoms with Gasteiger partial charge in [-0.05, 0) is 18.6 Å². The first-order valence-corrected chi connectivity index (χ1v) is 3.97. The van der Waals surface area contributed by atoms with Crippen LogP contribution in [-0.4, -0.2) is 13.4 Å². The van der Waals surface area contributed by atoms with Gasteiger partial charge in [-0.25, -0.2) is 4.39 Å². The summed E-state index contributed by atoms with van der Waals surface area (Å²) in [5.74, 6) is -0.609. The molecule has 0 atom stereocenters. The molecule has 0 saturated carbocycles. The summed E-state index contributed by atoms with van der Waals surface area (Å²) < 4.78 is 18.1. The lowest BCUT2D eigenvalue weighted by molar-refractivity contribution is 0.112. The highest BCUT2D eigenvalue weighted by molar-refractivity contribution is 6.32. The Hall–Kier alpha value is -1.09. The number of aldehydes is 1. The van der Waals surface area contributed by atoms with Crippen LogP contribution in [0.5, 0.6) is 5.75 Å². The highest BCUT2D eigenvalue weighted by Crippen LogP contribution is 2.31. The van der Waals surface area contributed by atoms with E-state index in [1.165, 1.54) is 20.1 Å². The van der Waals surface area contributed by atoms with Crippen LogP contribution in [0.3, 0.4) is 0 Å². The van der Waals surface area contributed by atoms with Crippen LogP contribution in [0.2, 0.25) is 5.02 Å². The largest absolute Gasteiger partial charge is 0.492 e. The topological polar surface area (TPSA) is 26.3 Å². The van der Waals surface area contributed by atoms with Crippen molar-refractivity contribution in [2.45, 2.75) is 6.92 Å². The van der Waals surface area contributed by atoms with Gasteiger partial charge in [0.2, 0.25) is 0 Å². The molecule has 2 nitrogen and oxygen atoms in total. The Labute approximate surface area is 80.3 Å². The van der Waals surface area contributed by atoms with Gasteiger partial charge in [-0.1, -0.05) is 11.6 Å². The lowest BCUT2D eigenvalue weighted by Crippen LogP contribution is -1.96.